The molecule has 1 amide bonds. The summed E-state index contributed by atoms with van der Waals surface area (Å²) in [4.78, 5) is 20.2. The van der Waals surface area contributed by atoms with Crippen molar-refractivity contribution < 1.29 is 13.2 Å². The Morgan fingerprint density at radius 1 is 0.941 bits per heavy atom. The van der Waals surface area contributed by atoms with Crippen molar-refractivity contribution >= 4 is 42.6 Å². The Labute approximate surface area is 204 Å². The number of amides is 1. The zero-order valence-electron chi connectivity index (χ0n) is 19.4. The Hall–Kier alpha value is -3.07. The van der Waals surface area contributed by atoms with Crippen LogP contribution in [0.2, 0.25) is 0 Å². The van der Waals surface area contributed by atoms with Crippen LogP contribution >= 0.6 is 11.3 Å². The Balaban J connectivity index is 1.70. The first-order chi connectivity index (χ1) is 16.3. The molecule has 0 saturated heterocycles. The van der Waals surface area contributed by atoms with Gasteiger partial charge in [0.1, 0.15) is 0 Å². The van der Waals surface area contributed by atoms with Gasteiger partial charge in [0, 0.05) is 18.7 Å². The SMILES string of the molecule is CCN(CC)S(=O)(=O)c1ccc(C(=O)N(Cc2ccccc2)c2nc3ccc(C)cc3s2)cc1. The van der Waals surface area contributed by atoms with E-state index in [4.69, 9.17) is 4.98 Å². The summed E-state index contributed by atoms with van der Waals surface area (Å²) >= 11 is 1.47. The zero-order chi connectivity index (χ0) is 24.3. The fourth-order valence-electron chi connectivity index (χ4n) is 3.77. The lowest BCUT2D eigenvalue weighted by molar-refractivity contribution is 0.0985. The molecular weight excluding hydrogens is 466 g/mol. The molecule has 0 saturated carbocycles. The molecule has 34 heavy (non-hydrogen) atoms. The predicted octanol–water partition coefficient (Wildman–Crippen LogP) is 5.48. The lowest BCUT2D eigenvalue weighted by atomic mass is 10.1. The number of benzene rings is 3. The highest BCUT2D eigenvalue weighted by molar-refractivity contribution is 7.89. The molecule has 0 spiro atoms. The number of aromatic nitrogens is 1. The maximum atomic E-state index is 13.6. The number of anilines is 1. The van der Waals surface area contributed by atoms with Crippen LogP contribution in [0.4, 0.5) is 5.13 Å². The molecule has 0 aliphatic heterocycles. The van der Waals surface area contributed by atoms with Crippen LogP contribution in [-0.4, -0.2) is 36.7 Å². The maximum absolute atomic E-state index is 13.6. The number of fused-ring (bicyclic) bond motifs is 1. The summed E-state index contributed by atoms with van der Waals surface area (Å²) in [6.45, 7) is 6.78. The Bertz CT molecular complexity index is 1390. The van der Waals surface area contributed by atoms with E-state index in [-0.39, 0.29) is 10.8 Å². The van der Waals surface area contributed by atoms with E-state index in [9.17, 15) is 13.2 Å². The molecule has 0 aliphatic carbocycles. The molecular formula is C26H27N3O3S2. The van der Waals surface area contributed by atoms with Gasteiger partial charge in [0.2, 0.25) is 10.0 Å². The third-order valence-electron chi connectivity index (χ3n) is 5.64. The second-order valence-electron chi connectivity index (χ2n) is 7.96. The molecule has 6 nitrogen and oxygen atoms in total. The fraction of sp³-hybridized carbons (Fsp3) is 0.231. The summed E-state index contributed by atoms with van der Waals surface area (Å²) in [5, 5.41) is 0.606. The van der Waals surface area contributed by atoms with Crippen molar-refractivity contribution in [2.75, 3.05) is 18.0 Å². The molecule has 0 fully saturated rings. The number of nitrogens with zero attached hydrogens (tertiary/aromatic N) is 3. The van der Waals surface area contributed by atoms with Gasteiger partial charge in [0.05, 0.1) is 21.7 Å². The summed E-state index contributed by atoms with van der Waals surface area (Å²) in [6.07, 6.45) is 0. The van der Waals surface area contributed by atoms with E-state index in [0.717, 1.165) is 21.3 Å². The first-order valence-corrected chi connectivity index (χ1v) is 13.4. The minimum atomic E-state index is -3.59. The zero-order valence-corrected chi connectivity index (χ0v) is 21.1. The van der Waals surface area contributed by atoms with Gasteiger partial charge in [-0.15, -0.1) is 0 Å². The summed E-state index contributed by atoms with van der Waals surface area (Å²) in [5.74, 6) is -0.230. The van der Waals surface area contributed by atoms with Crippen molar-refractivity contribution in [2.45, 2.75) is 32.2 Å². The van der Waals surface area contributed by atoms with Crippen LogP contribution in [0.15, 0.2) is 77.7 Å². The van der Waals surface area contributed by atoms with Gasteiger partial charge >= 0.3 is 0 Å². The van der Waals surface area contributed by atoms with Gasteiger partial charge in [-0.1, -0.05) is 61.6 Å². The maximum Gasteiger partial charge on any atom is 0.260 e. The van der Waals surface area contributed by atoms with Gasteiger partial charge in [-0.25, -0.2) is 13.4 Å². The number of aryl methyl sites for hydroxylation is 1. The second-order valence-corrected chi connectivity index (χ2v) is 10.9. The fourth-order valence-corrected chi connectivity index (χ4v) is 6.28. The van der Waals surface area contributed by atoms with Gasteiger partial charge in [0.15, 0.2) is 5.13 Å². The van der Waals surface area contributed by atoms with Crippen molar-refractivity contribution in [1.29, 1.82) is 0 Å². The standard InChI is InChI=1S/C26H27N3O3S2/c1-4-28(5-2)34(31,32)22-14-12-21(13-15-22)25(30)29(18-20-9-7-6-8-10-20)26-27-23-16-11-19(3)17-24(23)33-26/h6-17H,4-5,18H2,1-3H3. The third kappa shape index (κ3) is 4.89. The topological polar surface area (TPSA) is 70.6 Å². The minimum Gasteiger partial charge on any atom is -0.279 e. The average Bonchev–Trinajstić information content (AvgIpc) is 3.26. The molecule has 1 heterocycles. The van der Waals surface area contributed by atoms with Crippen molar-refractivity contribution in [3.8, 4) is 0 Å². The minimum absolute atomic E-state index is 0.179. The lowest BCUT2D eigenvalue weighted by Crippen LogP contribution is -2.31. The molecule has 4 aromatic rings. The molecule has 0 aliphatic rings. The highest BCUT2D eigenvalue weighted by Crippen LogP contribution is 2.31. The lowest BCUT2D eigenvalue weighted by Gasteiger charge is -2.21. The number of carbonyl (C=O) groups excluding carboxylic acids is 1. The largest absolute Gasteiger partial charge is 0.279 e. The Kier molecular flexibility index (Phi) is 7.11. The smallest absolute Gasteiger partial charge is 0.260 e. The van der Waals surface area contributed by atoms with Crippen LogP contribution in [0.5, 0.6) is 0 Å². The van der Waals surface area contributed by atoms with E-state index in [1.54, 1.807) is 30.9 Å². The van der Waals surface area contributed by atoms with Crippen LogP contribution in [-0.2, 0) is 16.6 Å². The predicted molar refractivity (Wildman–Crippen MR) is 138 cm³/mol. The number of rotatable bonds is 8. The molecule has 176 valence electrons. The molecule has 8 heteroatoms. The molecule has 0 bridgehead atoms. The van der Waals surface area contributed by atoms with Crippen molar-refractivity contribution in [2.24, 2.45) is 0 Å². The Morgan fingerprint density at radius 3 is 2.26 bits per heavy atom. The summed E-state index contributed by atoms with van der Waals surface area (Å²) < 4.78 is 28.1. The first kappa shape index (κ1) is 24.1. The number of carbonyl (C=O) groups is 1. The van der Waals surface area contributed by atoms with Gasteiger partial charge in [0.25, 0.3) is 5.91 Å². The molecule has 4 rings (SSSR count). The monoisotopic (exact) mass is 493 g/mol. The second kappa shape index (κ2) is 10.0. The number of thiazole rings is 1. The highest BCUT2D eigenvalue weighted by atomic mass is 32.2. The van der Waals surface area contributed by atoms with Gasteiger partial charge in [-0.05, 0) is 54.4 Å². The van der Waals surface area contributed by atoms with Crippen LogP contribution in [0.1, 0.15) is 35.3 Å². The van der Waals surface area contributed by atoms with E-state index in [0.29, 0.717) is 30.3 Å². The van der Waals surface area contributed by atoms with E-state index in [1.165, 1.54) is 27.8 Å². The highest BCUT2D eigenvalue weighted by Gasteiger charge is 2.25. The molecule has 0 atom stereocenters. The van der Waals surface area contributed by atoms with E-state index in [2.05, 4.69) is 6.07 Å². The molecule has 3 aromatic carbocycles. The van der Waals surface area contributed by atoms with Crippen LogP contribution in [0, 0.1) is 6.92 Å². The molecule has 0 N–H and O–H groups in total. The van der Waals surface area contributed by atoms with Crippen molar-refractivity contribution in [1.82, 2.24) is 9.29 Å². The summed E-state index contributed by atoms with van der Waals surface area (Å²) in [5.41, 5.74) is 3.36. The van der Waals surface area contributed by atoms with Crippen LogP contribution in [0.25, 0.3) is 10.2 Å². The summed E-state index contributed by atoms with van der Waals surface area (Å²) in [6, 6.07) is 21.9. The van der Waals surface area contributed by atoms with E-state index < -0.39 is 10.0 Å². The molecule has 1 aromatic heterocycles. The van der Waals surface area contributed by atoms with E-state index in [1.807, 2.05) is 49.4 Å². The number of hydrogen-bond donors (Lipinski definition) is 0. The molecule has 0 radical (unpaired) electrons. The van der Waals surface area contributed by atoms with Crippen molar-refractivity contribution in [3.05, 3.63) is 89.5 Å². The van der Waals surface area contributed by atoms with Gasteiger partial charge < -0.3 is 0 Å². The van der Waals surface area contributed by atoms with Crippen LogP contribution in [0.3, 0.4) is 0 Å². The van der Waals surface area contributed by atoms with Gasteiger partial charge in [-0.2, -0.15) is 4.31 Å². The quantitative estimate of drug-likeness (QED) is 0.326. The van der Waals surface area contributed by atoms with Crippen molar-refractivity contribution in [3.63, 3.8) is 0 Å². The normalized spacial score (nSPS) is 11.8. The first-order valence-electron chi connectivity index (χ1n) is 11.2. The summed E-state index contributed by atoms with van der Waals surface area (Å²) in [7, 11) is -3.59. The average molecular weight is 494 g/mol. The number of sulfonamides is 1. The van der Waals surface area contributed by atoms with Gasteiger partial charge in [-0.3, -0.25) is 9.69 Å². The molecule has 0 unspecified atom stereocenters. The Morgan fingerprint density at radius 2 is 1.62 bits per heavy atom. The van der Waals surface area contributed by atoms with E-state index >= 15 is 0 Å². The number of hydrogen-bond acceptors (Lipinski definition) is 5. The third-order valence-corrected chi connectivity index (χ3v) is 8.74. The van der Waals surface area contributed by atoms with Crippen LogP contribution < -0.4 is 4.90 Å².